The number of ether oxygens (including phenoxy) is 1. The molecule has 2 aliphatic heterocycles. The summed E-state index contributed by atoms with van der Waals surface area (Å²) in [6, 6.07) is 0. The second-order valence-electron chi connectivity index (χ2n) is 7.66. The normalized spacial score (nSPS) is 23.0. The number of carbonyl (C=O) groups excluding carboxylic acids is 1. The number of fused-ring (bicyclic) bond motifs is 1. The fraction of sp³-hybridized carbons (Fsp3) is 0.526. The van der Waals surface area contributed by atoms with Crippen LogP contribution in [0.5, 0.6) is 0 Å². The number of aryl methyl sites for hydroxylation is 2. The van der Waals surface area contributed by atoms with Crippen molar-refractivity contribution in [3.8, 4) is 0 Å². The van der Waals surface area contributed by atoms with Crippen LogP contribution in [-0.4, -0.2) is 75.0 Å². The van der Waals surface area contributed by atoms with Gasteiger partial charge in [-0.05, 0) is 25.7 Å². The summed E-state index contributed by atoms with van der Waals surface area (Å²) < 4.78 is 34.5. The lowest BCUT2D eigenvalue weighted by Gasteiger charge is -2.32. The van der Waals surface area contributed by atoms with Gasteiger partial charge in [0.05, 0.1) is 36.6 Å². The highest BCUT2D eigenvalue weighted by molar-refractivity contribution is 7.89. The highest BCUT2D eigenvalue weighted by Crippen LogP contribution is 2.35. The molecule has 0 radical (unpaired) electrons. The maximum atomic E-state index is 12.8. The number of rotatable bonds is 5. The summed E-state index contributed by atoms with van der Waals surface area (Å²) in [6.45, 7) is 2.51. The van der Waals surface area contributed by atoms with Gasteiger partial charge in [-0.1, -0.05) is 0 Å². The second-order valence-corrected chi connectivity index (χ2v) is 9.55. The molecule has 4 rings (SSSR count). The molecule has 4 heterocycles. The summed E-state index contributed by atoms with van der Waals surface area (Å²) in [5.74, 6) is -0.0407. The van der Waals surface area contributed by atoms with E-state index in [0.29, 0.717) is 25.1 Å². The highest BCUT2D eigenvalue weighted by Gasteiger charge is 2.44. The van der Waals surface area contributed by atoms with Gasteiger partial charge in [0.1, 0.15) is 6.10 Å². The van der Waals surface area contributed by atoms with Gasteiger partial charge in [-0.15, -0.1) is 0 Å². The summed E-state index contributed by atoms with van der Waals surface area (Å²) in [7, 11) is -1.94. The van der Waals surface area contributed by atoms with Crippen molar-refractivity contribution in [3.63, 3.8) is 0 Å². The van der Waals surface area contributed by atoms with Gasteiger partial charge in [0.15, 0.2) is 5.03 Å². The van der Waals surface area contributed by atoms with Crippen molar-refractivity contribution in [3.05, 3.63) is 36.3 Å². The number of imidazole rings is 1. The SMILES string of the molecule is Cc1cnc(CNC(=O)[C@H]2C[C@@H]3CCN(S(=O)(=O)c4cn(C)cn4)C[C@H]3O2)cn1.O=CO. The summed E-state index contributed by atoms with van der Waals surface area (Å²) in [4.78, 5) is 33.2. The maximum Gasteiger partial charge on any atom is 0.290 e. The topological polar surface area (TPSA) is 157 Å². The molecule has 174 valence electrons. The van der Waals surface area contributed by atoms with Crippen LogP contribution in [0.2, 0.25) is 0 Å². The smallest absolute Gasteiger partial charge is 0.290 e. The number of carboxylic acid groups (broad SMARTS) is 1. The van der Waals surface area contributed by atoms with Crippen molar-refractivity contribution < 1.29 is 27.9 Å². The zero-order valence-electron chi connectivity index (χ0n) is 17.8. The summed E-state index contributed by atoms with van der Waals surface area (Å²) in [5.41, 5.74) is 1.49. The Kier molecular flexibility index (Phi) is 7.53. The summed E-state index contributed by atoms with van der Waals surface area (Å²) in [6.07, 6.45) is 6.60. The van der Waals surface area contributed by atoms with E-state index in [9.17, 15) is 13.2 Å². The molecule has 0 spiro atoms. The van der Waals surface area contributed by atoms with E-state index in [1.807, 2.05) is 6.92 Å². The first-order valence-corrected chi connectivity index (χ1v) is 11.4. The molecule has 32 heavy (non-hydrogen) atoms. The Labute approximate surface area is 185 Å². The molecule has 0 aromatic carbocycles. The number of carbonyl (C=O) groups is 2. The van der Waals surface area contributed by atoms with Crippen molar-refractivity contribution in [1.82, 2.24) is 29.1 Å². The number of aromatic nitrogens is 4. The lowest BCUT2D eigenvalue weighted by molar-refractivity contribution is -0.132. The van der Waals surface area contributed by atoms with Crippen LogP contribution < -0.4 is 5.32 Å². The zero-order valence-corrected chi connectivity index (χ0v) is 18.6. The molecule has 2 fully saturated rings. The van der Waals surface area contributed by atoms with E-state index in [1.165, 1.54) is 16.8 Å². The molecule has 12 nitrogen and oxygen atoms in total. The molecule has 2 aromatic heterocycles. The van der Waals surface area contributed by atoms with Crippen LogP contribution in [0, 0.1) is 12.8 Å². The van der Waals surface area contributed by atoms with Crippen LogP contribution in [0.1, 0.15) is 24.2 Å². The Hall–Kier alpha value is -2.90. The minimum atomic E-state index is -3.66. The van der Waals surface area contributed by atoms with Crippen LogP contribution in [0.3, 0.4) is 0 Å². The van der Waals surface area contributed by atoms with Gasteiger partial charge >= 0.3 is 0 Å². The van der Waals surface area contributed by atoms with Gasteiger partial charge in [0.2, 0.25) is 5.91 Å². The second kappa shape index (κ2) is 10.1. The van der Waals surface area contributed by atoms with E-state index >= 15 is 0 Å². The van der Waals surface area contributed by atoms with E-state index in [-0.39, 0.29) is 42.5 Å². The molecule has 0 bridgehead atoms. The number of hydrogen-bond acceptors (Lipinski definition) is 8. The van der Waals surface area contributed by atoms with Gasteiger partial charge in [-0.3, -0.25) is 19.6 Å². The fourth-order valence-corrected chi connectivity index (χ4v) is 5.18. The predicted octanol–water partition coefficient (Wildman–Crippen LogP) is -0.296. The largest absolute Gasteiger partial charge is 0.483 e. The van der Waals surface area contributed by atoms with Crippen molar-refractivity contribution in [2.75, 3.05) is 13.1 Å². The molecule has 0 saturated carbocycles. The standard InChI is InChI=1S/C18H24N6O4S.CH2O2/c1-12-6-20-14(7-19-12)8-21-18(25)15-5-13-3-4-24(9-16(13)28-15)29(26,27)17-10-23(2)11-22-17;2-1-3/h6-7,10-11,13,15-16H,3-5,8-9H2,1-2H3,(H,21,25);1H,(H,2,3)/t13-,15+,16+;/m0./s1. The first-order valence-electron chi connectivity index (χ1n) is 10.0. The van der Waals surface area contributed by atoms with E-state index < -0.39 is 16.1 Å². The molecular formula is C19H26N6O6S. The first-order chi connectivity index (χ1) is 15.2. The van der Waals surface area contributed by atoms with Gasteiger partial charge in [0.25, 0.3) is 16.5 Å². The molecule has 2 aromatic rings. The van der Waals surface area contributed by atoms with Gasteiger partial charge in [-0.2, -0.15) is 4.31 Å². The van der Waals surface area contributed by atoms with Crippen molar-refractivity contribution in [1.29, 1.82) is 0 Å². The molecule has 2 aliphatic rings. The number of amides is 1. The predicted molar refractivity (Wildman–Crippen MR) is 111 cm³/mol. The fourth-order valence-electron chi connectivity index (χ4n) is 3.75. The van der Waals surface area contributed by atoms with E-state index in [2.05, 4.69) is 20.3 Å². The number of nitrogens with one attached hydrogen (secondary N) is 1. The van der Waals surface area contributed by atoms with Crippen molar-refractivity contribution in [2.24, 2.45) is 13.0 Å². The van der Waals surface area contributed by atoms with Gasteiger partial charge in [0, 0.05) is 32.5 Å². The average molecular weight is 467 g/mol. The van der Waals surface area contributed by atoms with Crippen molar-refractivity contribution >= 4 is 22.4 Å². The van der Waals surface area contributed by atoms with Gasteiger partial charge < -0.3 is 19.7 Å². The Balaban J connectivity index is 0.000000913. The third-order valence-corrected chi connectivity index (χ3v) is 7.12. The summed E-state index contributed by atoms with van der Waals surface area (Å²) in [5, 5.41) is 9.75. The van der Waals surface area contributed by atoms with Crippen LogP contribution in [0.15, 0.2) is 29.9 Å². The molecular weight excluding hydrogens is 440 g/mol. The zero-order chi connectivity index (χ0) is 23.3. The maximum absolute atomic E-state index is 12.8. The molecule has 13 heteroatoms. The molecule has 2 N–H and O–H groups in total. The third kappa shape index (κ3) is 5.47. The van der Waals surface area contributed by atoms with Crippen LogP contribution >= 0.6 is 0 Å². The number of sulfonamides is 1. The first kappa shape index (κ1) is 23.8. The van der Waals surface area contributed by atoms with Crippen LogP contribution in [-0.2, 0) is 37.9 Å². The minimum absolute atomic E-state index is 0.0324. The Bertz CT molecular complexity index is 1040. The molecule has 3 atom stereocenters. The molecule has 2 saturated heterocycles. The average Bonchev–Trinajstić information content (AvgIpc) is 3.40. The lowest BCUT2D eigenvalue weighted by atomic mass is 9.93. The Morgan fingerprint density at radius 1 is 1.34 bits per heavy atom. The number of hydrogen-bond donors (Lipinski definition) is 2. The summed E-state index contributed by atoms with van der Waals surface area (Å²) >= 11 is 0. The lowest BCUT2D eigenvalue weighted by Crippen LogP contribution is -2.45. The number of piperidine rings is 1. The Morgan fingerprint density at radius 2 is 2.09 bits per heavy atom. The molecule has 1 amide bonds. The van der Waals surface area contributed by atoms with E-state index in [0.717, 1.165) is 5.69 Å². The monoisotopic (exact) mass is 466 g/mol. The van der Waals surface area contributed by atoms with E-state index in [4.69, 9.17) is 14.6 Å². The van der Waals surface area contributed by atoms with Crippen LogP contribution in [0.25, 0.3) is 0 Å². The third-order valence-electron chi connectivity index (χ3n) is 5.37. The molecule has 0 unspecified atom stereocenters. The Morgan fingerprint density at radius 3 is 2.72 bits per heavy atom. The quantitative estimate of drug-likeness (QED) is 0.565. The highest BCUT2D eigenvalue weighted by atomic mass is 32.2. The minimum Gasteiger partial charge on any atom is -0.483 e. The van der Waals surface area contributed by atoms with Crippen molar-refractivity contribution in [2.45, 2.75) is 43.5 Å². The molecule has 0 aliphatic carbocycles. The van der Waals surface area contributed by atoms with Crippen LogP contribution in [0.4, 0.5) is 0 Å². The van der Waals surface area contributed by atoms with E-state index in [1.54, 1.807) is 24.0 Å². The van der Waals surface area contributed by atoms with Gasteiger partial charge in [-0.25, -0.2) is 13.4 Å². The number of nitrogens with zero attached hydrogens (tertiary/aromatic N) is 5.